The number of hydrazine groups is 1. The van der Waals surface area contributed by atoms with Gasteiger partial charge in [-0.05, 0) is 66.7 Å². The number of halogens is 4. The molecule has 10 heteroatoms. The van der Waals surface area contributed by atoms with Crippen LogP contribution in [0.1, 0.15) is 0 Å². The number of hydrogen-bond donors (Lipinski definition) is 1. The summed E-state index contributed by atoms with van der Waals surface area (Å²) in [6.07, 6.45) is 0. The fourth-order valence-corrected chi connectivity index (χ4v) is 3.93. The number of anilines is 3. The van der Waals surface area contributed by atoms with E-state index in [0.29, 0.717) is 26.4 Å². The van der Waals surface area contributed by atoms with E-state index in [2.05, 4.69) is 5.32 Å². The third kappa shape index (κ3) is 4.27. The Morgan fingerprint density at radius 3 is 1.56 bits per heavy atom. The summed E-state index contributed by atoms with van der Waals surface area (Å²) in [6.45, 7) is 0. The lowest BCUT2D eigenvalue weighted by atomic mass is 10.1. The molecule has 0 saturated carbocycles. The van der Waals surface area contributed by atoms with Crippen LogP contribution in [0.15, 0.2) is 66.7 Å². The molecule has 6 nitrogen and oxygen atoms in total. The average molecular weight is 509 g/mol. The van der Waals surface area contributed by atoms with E-state index in [4.69, 9.17) is 46.4 Å². The van der Waals surface area contributed by atoms with Gasteiger partial charge in [-0.15, -0.1) is 0 Å². The molecule has 1 N–H and O–H groups in total. The summed E-state index contributed by atoms with van der Waals surface area (Å²) in [5, 5.41) is 6.27. The number of rotatable bonds is 4. The Morgan fingerprint density at radius 2 is 1.12 bits per heavy atom. The fourth-order valence-electron chi connectivity index (χ4n) is 3.22. The van der Waals surface area contributed by atoms with Crippen molar-refractivity contribution in [3.63, 3.8) is 0 Å². The van der Waals surface area contributed by atoms with E-state index in [0.717, 1.165) is 10.0 Å². The predicted molar refractivity (Wildman–Crippen MR) is 126 cm³/mol. The summed E-state index contributed by atoms with van der Waals surface area (Å²) < 4.78 is 0. The molecule has 3 aromatic rings. The Bertz CT molecular complexity index is 1150. The average Bonchev–Trinajstić information content (AvgIpc) is 3.01. The highest BCUT2D eigenvalue weighted by Crippen LogP contribution is 2.34. The zero-order chi connectivity index (χ0) is 23.0. The lowest BCUT2D eigenvalue weighted by Crippen LogP contribution is -2.41. The normalized spacial score (nSPS) is 14.2. The second-order valence-electron chi connectivity index (χ2n) is 6.80. The van der Waals surface area contributed by atoms with Crippen LogP contribution in [0.2, 0.25) is 20.1 Å². The molecule has 4 rings (SSSR count). The Kier molecular flexibility index (Phi) is 6.31. The van der Waals surface area contributed by atoms with Crippen LogP contribution in [0.25, 0.3) is 0 Å². The zero-order valence-corrected chi connectivity index (χ0v) is 19.1. The van der Waals surface area contributed by atoms with Gasteiger partial charge in [0.2, 0.25) is 5.91 Å². The van der Waals surface area contributed by atoms with E-state index in [1.54, 1.807) is 48.5 Å². The molecule has 162 valence electrons. The molecule has 0 atom stereocenters. The van der Waals surface area contributed by atoms with Gasteiger partial charge in [-0.3, -0.25) is 14.4 Å². The molecule has 1 heterocycles. The maximum atomic E-state index is 13.3. The number of amides is 3. The van der Waals surface area contributed by atoms with Gasteiger partial charge in [0, 0.05) is 15.1 Å². The van der Waals surface area contributed by atoms with Crippen molar-refractivity contribution >= 4 is 81.2 Å². The lowest BCUT2D eigenvalue weighted by molar-refractivity contribution is -0.134. The number of nitrogens with one attached hydrogen (secondary N) is 1. The molecule has 0 radical (unpaired) electrons. The standard InChI is InChI=1S/C22H13Cl4N3O3/c23-12-1-6-15(7-2-12)28-21(31)19(20(30)27-18-10-5-14(25)11-17(18)26)22(32)29(28)16-8-3-13(24)4-9-16/h1-11,19H,(H,27,30). The first kappa shape index (κ1) is 22.4. The van der Waals surface area contributed by atoms with E-state index in [9.17, 15) is 14.4 Å². The minimum atomic E-state index is -1.63. The van der Waals surface area contributed by atoms with Gasteiger partial charge in [0.05, 0.1) is 22.1 Å². The van der Waals surface area contributed by atoms with E-state index in [1.165, 1.54) is 18.2 Å². The van der Waals surface area contributed by atoms with Crippen LogP contribution in [-0.4, -0.2) is 17.7 Å². The van der Waals surface area contributed by atoms with Crippen molar-refractivity contribution in [3.8, 4) is 0 Å². The van der Waals surface area contributed by atoms with Gasteiger partial charge in [0.15, 0.2) is 5.92 Å². The summed E-state index contributed by atoms with van der Waals surface area (Å²) >= 11 is 23.9. The number of hydrogen-bond acceptors (Lipinski definition) is 3. The van der Waals surface area contributed by atoms with Crippen LogP contribution in [0.3, 0.4) is 0 Å². The van der Waals surface area contributed by atoms with Gasteiger partial charge in [-0.1, -0.05) is 46.4 Å². The zero-order valence-electron chi connectivity index (χ0n) is 16.1. The van der Waals surface area contributed by atoms with Gasteiger partial charge in [0.25, 0.3) is 11.8 Å². The van der Waals surface area contributed by atoms with Crippen LogP contribution < -0.4 is 15.3 Å². The van der Waals surface area contributed by atoms with Gasteiger partial charge < -0.3 is 5.32 Å². The first-order valence-corrected chi connectivity index (χ1v) is 10.7. The molecule has 0 unspecified atom stereocenters. The maximum absolute atomic E-state index is 13.3. The number of benzene rings is 3. The van der Waals surface area contributed by atoms with Gasteiger partial charge >= 0.3 is 0 Å². The quantitative estimate of drug-likeness (QED) is 0.449. The van der Waals surface area contributed by atoms with Crippen molar-refractivity contribution in [2.45, 2.75) is 0 Å². The highest BCUT2D eigenvalue weighted by molar-refractivity contribution is 6.38. The first-order valence-electron chi connectivity index (χ1n) is 9.21. The summed E-state index contributed by atoms with van der Waals surface area (Å²) in [5.41, 5.74) is 0.953. The van der Waals surface area contributed by atoms with Crippen molar-refractivity contribution in [3.05, 3.63) is 86.8 Å². The number of carbonyl (C=O) groups is 3. The van der Waals surface area contributed by atoms with Crippen molar-refractivity contribution in [1.82, 2.24) is 0 Å². The Morgan fingerprint density at radius 1 is 0.688 bits per heavy atom. The monoisotopic (exact) mass is 507 g/mol. The minimum Gasteiger partial charge on any atom is -0.324 e. The summed E-state index contributed by atoms with van der Waals surface area (Å²) in [6, 6.07) is 17.1. The largest absolute Gasteiger partial charge is 0.324 e. The molecule has 3 aromatic carbocycles. The number of nitrogens with zero attached hydrogens (tertiary/aromatic N) is 2. The molecule has 0 aliphatic carbocycles. The Balaban J connectivity index is 1.73. The van der Waals surface area contributed by atoms with E-state index < -0.39 is 23.6 Å². The highest BCUT2D eigenvalue weighted by atomic mass is 35.5. The summed E-state index contributed by atoms with van der Waals surface area (Å²) in [4.78, 5) is 39.6. The van der Waals surface area contributed by atoms with E-state index in [1.807, 2.05) is 0 Å². The van der Waals surface area contributed by atoms with Crippen LogP contribution in [0, 0.1) is 5.92 Å². The second-order valence-corrected chi connectivity index (χ2v) is 8.52. The van der Waals surface area contributed by atoms with Crippen LogP contribution in [0.5, 0.6) is 0 Å². The second kappa shape index (κ2) is 9.00. The van der Waals surface area contributed by atoms with Gasteiger partial charge in [0.1, 0.15) is 0 Å². The molecular formula is C22H13Cl4N3O3. The molecule has 0 spiro atoms. The maximum Gasteiger partial charge on any atom is 0.268 e. The Hall–Kier alpha value is -2.77. The van der Waals surface area contributed by atoms with Crippen LogP contribution in [-0.2, 0) is 14.4 Å². The third-order valence-corrected chi connectivity index (χ3v) is 5.76. The fraction of sp³-hybridized carbons (Fsp3) is 0.0455. The summed E-state index contributed by atoms with van der Waals surface area (Å²) in [5.74, 6) is -3.91. The van der Waals surface area contributed by atoms with Crippen molar-refractivity contribution in [2.24, 2.45) is 5.92 Å². The molecular weight excluding hydrogens is 496 g/mol. The topological polar surface area (TPSA) is 69.7 Å². The van der Waals surface area contributed by atoms with Gasteiger partial charge in [-0.25, -0.2) is 10.0 Å². The smallest absolute Gasteiger partial charge is 0.268 e. The molecule has 3 amide bonds. The van der Waals surface area contributed by atoms with Crippen LogP contribution >= 0.6 is 46.4 Å². The van der Waals surface area contributed by atoms with E-state index >= 15 is 0 Å². The van der Waals surface area contributed by atoms with Crippen molar-refractivity contribution in [1.29, 1.82) is 0 Å². The molecule has 1 aliphatic heterocycles. The molecule has 32 heavy (non-hydrogen) atoms. The summed E-state index contributed by atoms with van der Waals surface area (Å²) in [7, 11) is 0. The van der Waals surface area contributed by atoms with Crippen LogP contribution in [0.4, 0.5) is 17.1 Å². The molecule has 0 aromatic heterocycles. The van der Waals surface area contributed by atoms with Crippen molar-refractivity contribution in [2.75, 3.05) is 15.3 Å². The SMILES string of the molecule is O=C(Nc1ccc(Cl)cc1Cl)C1C(=O)N(c2ccc(Cl)cc2)N(c2ccc(Cl)cc2)C1=O. The van der Waals surface area contributed by atoms with E-state index in [-0.39, 0.29) is 10.7 Å². The predicted octanol–water partition coefficient (Wildman–Crippen LogP) is 5.85. The Labute approximate surface area is 203 Å². The highest BCUT2D eigenvalue weighted by Gasteiger charge is 2.51. The molecule has 0 bridgehead atoms. The minimum absolute atomic E-state index is 0.174. The lowest BCUT2D eigenvalue weighted by Gasteiger charge is -2.27. The third-order valence-electron chi connectivity index (χ3n) is 4.70. The number of carbonyl (C=O) groups excluding carboxylic acids is 3. The molecule has 1 fully saturated rings. The first-order chi connectivity index (χ1) is 15.3. The molecule has 1 saturated heterocycles. The van der Waals surface area contributed by atoms with Gasteiger partial charge in [-0.2, -0.15) is 0 Å². The molecule has 1 aliphatic rings. The van der Waals surface area contributed by atoms with Crippen molar-refractivity contribution < 1.29 is 14.4 Å².